The first-order valence-electron chi connectivity index (χ1n) is 13.3. The smallest absolute Gasteiger partial charge is 0.256 e. The minimum Gasteiger partial charge on any atom is -0.382 e. The lowest BCUT2D eigenvalue weighted by atomic mass is 9.82. The van der Waals surface area contributed by atoms with Crippen LogP contribution in [-0.2, 0) is 6.42 Å². The van der Waals surface area contributed by atoms with Gasteiger partial charge in [0.1, 0.15) is 22.9 Å². The summed E-state index contributed by atoms with van der Waals surface area (Å²) in [6.07, 6.45) is 11.8. The molecule has 1 amide bonds. The number of carbonyl (C=O) groups excluding carboxylic acids is 1. The van der Waals surface area contributed by atoms with Gasteiger partial charge in [-0.1, -0.05) is 68.8 Å². The number of aromatic nitrogens is 3. The number of anilines is 2. The summed E-state index contributed by atoms with van der Waals surface area (Å²) in [4.78, 5) is 20.6. The van der Waals surface area contributed by atoms with E-state index in [1.54, 1.807) is 12.3 Å². The van der Waals surface area contributed by atoms with Gasteiger partial charge in [0.05, 0.1) is 5.70 Å². The van der Waals surface area contributed by atoms with E-state index in [1.165, 1.54) is 31.2 Å². The number of benzene rings is 2. The van der Waals surface area contributed by atoms with Gasteiger partial charge in [-0.3, -0.25) is 9.20 Å². The van der Waals surface area contributed by atoms with E-state index in [9.17, 15) is 4.79 Å². The highest BCUT2D eigenvalue weighted by atomic mass is 16.1. The number of hydrogen-bond acceptors (Lipinski definition) is 5. The number of hydrogen-bond donors (Lipinski definition) is 3. The summed E-state index contributed by atoms with van der Waals surface area (Å²) in [6.45, 7) is 6.06. The Kier molecular flexibility index (Phi) is 6.19. The van der Waals surface area contributed by atoms with E-state index in [1.807, 2.05) is 24.4 Å². The van der Waals surface area contributed by atoms with Crippen LogP contribution in [-0.4, -0.2) is 20.3 Å². The lowest BCUT2D eigenvalue weighted by Gasteiger charge is -2.25. The maximum atomic E-state index is 11.1. The monoisotopic (exact) mass is 504 g/mol. The molecular weight excluding hydrogens is 472 g/mol. The molecule has 1 saturated carbocycles. The molecule has 7 heteroatoms. The molecule has 0 saturated heterocycles. The van der Waals surface area contributed by atoms with Crippen LogP contribution in [0.4, 0.5) is 11.5 Å². The van der Waals surface area contributed by atoms with E-state index >= 15 is 0 Å². The highest BCUT2D eigenvalue weighted by Crippen LogP contribution is 2.38. The van der Waals surface area contributed by atoms with Gasteiger partial charge in [0.25, 0.3) is 5.91 Å². The number of nitrogens with zero attached hydrogens (tertiary/aromatic N) is 3. The number of nitrogens with one attached hydrogen (secondary N) is 2. The van der Waals surface area contributed by atoms with Gasteiger partial charge in [0.15, 0.2) is 0 Å². The summed E-state index contributed by atoms with van der Waals surface area (Å²) in [5, 5.41) is 6.21. The zero-order valence-electron chi connectivity index (χ0n) is 21.6. The van der Waals surface area contributed by atoms with E-state index < -0.39 is 0 Å². The van der Waals surface area contributed by atoms with Crippen molar-refractivity contribution < 1.29 is 4.79 Å². The van der Waals surface area contributed by atoms with E-state index in [-0.39, 0.29) is 5.91 Å². The Morgan fingerprint density at radius 1 is 1.00 bits per heavy atom. The first-order chi connectivity index (χ1) is 18.5. The minimum absolute atomic E-state index is 0.0504. The van der Waals surface area contributed by atoms with Crippen LogP contribution in [0.2, 0.25) is 0 Å². The van der Waals surface area contributed by atoms with E-state index in [0.717, 1.165) is 51.9 Å². The van der Waals surface area contributed by atoms with Gasteiger partial charge in [0, 0.05) is 40.8 Å². The van der Waals surface area contributed by atoms with Crippen molar-refractivity contribution in [2.45, 2.75) is 44.9 Å². The van der Waals surface area contributed by atoms with Crippen molar-refractivity contribution in [2.24, 2.45) is 5.92 Å². The summed E-state index contributed by atoms with van der Waals surface area (Å²) in [5.41, 5.74) is 13.9. The molecule has 7 rings (SSSR count). The van der Waals surface area contributed by atoms with Crippen molar-refractivity contribution >= 4 is 34.3 Å². The molecule has 4 N–H and O–H groups in total. The summed E-state index contributed by atoms with van der Waals surface area (Å²) in [7, 11) is 0. The van der Waals surface area contributed by atoms with Gasteiger partial charge in [-0.25, -0.2) is 9.97 Å². The van der Waals surface area contributed by atoms with Crippen LogP contribution in [0.3, 0.4) is 0 Å². The first kappa shape index (κ1) is 24.0. The first-order valence-corrected chi connectivity index (χ1v) is 13.3. The fourth-order valence-corrected chi connectivity index (χ4v) is 5.68. The highest BCUT2D eigenvalue weighted by molar-refractivity contribution is 6.08. The second kappa shape index (κ2) is 9.82. The van der Waals surface area contributed by atoms with E-state index in [0.29, 0.717) is 17.4 Å². The quantitative estimate of drug-likeness (QED) is 0.310. The molecule has 0 spiro atoms. The van der Waals surface area contributed by atoms with Crippen LogP contribution in [0.5, 0.6) is 0 Å². The average molecular weight is 505 g/mol. The number of fused-ring (bicyclic) bond motifs is 3. The van der Waals surface area contributed by atoms with Gasteiger partial charge < -0.3 is 16.4 Å². The Balaban J connectivity index is 0.000000200. The molecule has 4 heterocycles. The van der Waals surface area contributed by atoms with Crippen LogP contribution in [0, 0.1) is 5.92 Å². The maximum Gasteiger partial charge on any atom is 0.256 e. The minimum atomic E-state index is -0.0504. The second-order valence-corrected chi connectivity index (χ2v) is 10.4. The number of nitrogens with two attached hydrogens (primary N) is 1. The third-order valence-electron chi connectivity index (χ3n) is 7.82. The predicted octanol–water partition coefficient (Wildman–Crippen LogP) is 6.02. The molecule has 0 unspecified atom stereocenters. The summed E-state index contributed by atoms with van der Waals surface area (Å²) in [5.74, 6) is 2.92. The molecule has 0 bridgehead atoms. The molecule has 2 aromatic heterocycles. The van der Waals surface area contributed by atoms with Crippen LogP contribution in [0.25, 0.3) is 16.9 Å². The van der Waals surface area contributed by atoms with Crippen molar-refractivity contribution in [3.05, 3.63) is 102 Å². The molecule has 0 radical (unpaired) electrons. The number of rotatable bonds is 2. The van der Waals surface area contributed by atoms with E-state index in [2.05, 4.69) is 63.9 Å². The van der Waals surface area contributed by atoms with Crippen molar-refractivity contribution in [1.29, 1.82) is 0 Å². The molecule has 2 aliphatic heterocycles. The Morgan fingerprint density at radius 3 is 2.53 bits per heavy atom. The topological polar surface area (TPSA) is 97.3 Å². The lowest BCUT2D eigenvalue weighted by molar-refractivity contribution is 0.0981. The van der Waals surface area contributed by atoms with E-state index in [4.69, 9.17) is 10.7 Å². The fourth-order valence-electron chi connectivity index (χ4n) is 5.68. The third kappa shape index (κ3) is 4.34. The Labute approximate surface area is 222 Å². The van der Waals surface area contributed by atoms with Crippen LogP contribution in [0.15, 0.2) is 73.6 Å². The number of para-hydroxylation sites is 1. The zero-order chi connectivity index (χ0) is 26.2. The largest absolute Gasteiger partial charge is 0.382 e. The number of carbonyl (C=O) groups is 1. The van der Waals surface area contributed by atoms with Crippen molar-refractivity contribution in [1.82, 2.24) is 19.7 Å². The Morgan fingerprint density at radius 2 is 1.74 bits per heavy atom. The van der Waals surface area contributed by atoms with Crippen molar-refractivity contribution in [3.63, 3.8) is 0 Å². The number of amides is 1. The van der Waals surface area contributed by atoms with Gasteiger partial charge in [-0.05, 0) is 42.9 Å². The molecule has 1 fully saturated rings. The average Bonchev–Trinajstić information content (AvgIpc) is 3.48. The molecule has 4 aromatic rings. The molecule has 1 aliphatic carbocycles. The number of allylic oxidation sites excluding steroid dienone is 1. The fraction of sp³-hybridized carbons (Fsp3) is 0.258. The molecule has 3 aliphatic rings. The predicted molar refractivity (Wildman–Crippen MR) is 152 cm³/mol. The second-order valence-electron chi connectivity index (χ2n) is 10.4. The SMILES string of the molecule is C=C1NC(=O)c2ccccc21.CC1CCC(c2nc(C3=CCc4ccccc4N3)c3c(N)nccn23)CC1. The van der Waals surface area contributed by atoms with Crippen LogP contribution >= 0.6 is 0 Å². The number of nitrogen functional groups attached to an aromatic ring is 1. The summed E-state index contributed by atoms with van der Waals surface area (Å²) >= 11 is 0. The Hall–Kier alpha value is -4.39. The summed E-state index contributed by atoms with van der Waals surface area (Å²) < 4.78 is 2.17. The van der Waals surface area contributed by atoms with Gasteiger partial charge >= 0.3 is 0 Å². The lowest BCUT2D eigenvalue weighted by Crippen LogP contribution is -2.13. The summed E-state index contributed by atoms with van der Waals surface area (Å²) in [6, 6.07) is 15.8. The van der Waals surface area contributed by atoms with Gasteiger partial charge in [-0.15, -0.1) is 0 Å². The molecule has 0 atom stereocenters. The van der Waals surface area contributed by atoms with Crippen molar-refractivity contribution in [3.8, 4) is 0 Å². The normalized spacial score (nSPS) is 20.0. The molecule has 7 nitrogen and oxygen atoms in total. The maximum absolute atomic E-state index is 11.1. The van der Waals surface area contributed by atoms with Gasteiger partial charge in [0.2, 0.25) is 0 Å². The molecular formula is C31H32N6O. The third-order valence-corrected chi connectivity index (χ3v) is 7.82. The highest BCUT2D eigenvalue weighted by Gasteiger charge is 2.27. The molecule has 38 heavy (non-hydrogen) atoms. The van der Waals surface area contributed by atoms with Crippen molar-refractivity contribution in [2.75, 3.05) is 11.1 Å². The van der Waals surface area contributed by atoms with Crippen LogP contribution in [0.1, 0.15) is 71.5 Å². The zero-order valence-corrected chi connectivity index (χ0v) is 21.6. The molecule has 2 aromatic carbocycles. The molecule has 192 valence electrons. The van der Waals surface area contributed by atoms with Crippen LogP contribution < -0.4 is 16.4 Å². The Bertz CT molecular complexity index is 1540. The standard InChI is InChI=1S/C22H25N5.C9H7NO/c1-14-6-8-16(9-7-14)22-26-19(20-21(23)24-12-13-27(20)22)18-11-10-15-4-2-3-5-17(15)25-18;1-6-7-4-2-3-5-8(7)9(11)10-6/h2-5,11-14,16,25H,6-10H2,1H3,(H2,23,24);2-5H,1H2,(H,10,11). The van der Waals surface area contributed by atoms with Gasteiger partial charge in [-0.2, -0.15) is 0 Å². The number of imidazole rings is 1.